The molecule has 0 aliphatic heterocycles. The van der Waals surface area contributed by atoms with Crippen LogP contribution in [0.4, 0.5) is 10.5 Å². The maximum Gasteiger partial charge on any atom is 0.411 e. The fraction of sp³-hybridized carbons (Fsp3) is 0.562. The van der Waals surface area contributed by atoms with Crippen molar-refractivity contribution in [3.8, 4) is 5.75 Å². The Morgan fingerprint density at radius 1 is 1.05 bits per heavy atom. The molecular formula is C16H25NO3. The topological polar surface area (TPSA) is 47.6 Å². The van der Waals surface area contributed by atoms with Crippen molar-refractivity contribution in [1.82, 2.24) is 0 Å². The van der Waals surface area contributed by atoms with Crippen LogP contribution in [0.1, 0.15) is 45.4 Å². The second-order valence-electron chi connectivity index (χ2n) is 4.76. The van der Waals surface area contributed by atoms with Crippen molar-refractivity contribution in [2.24, 2.45) is 0 Å². The molecule has 1 N–H and O–H groups in total. The van der Waals surface area contributed by atoms with Crippen LogP contribution in [0.5, 0.6) is 5.75 Å². The number of methoxy groups -OCH3 is 1. The number of ether oxygens (including phenoxy) is 2. The summed E-state index contributed by atoms with van der Waals surface area (Å²) in [4.78, 5) is 11.5. The lowest BCUT2D eigenvalue weighted by atomic mass is 10.1. The second-order valence-corrected chi connectivity index (χ2v) is 4.76. The fourth-order valence-electron chi connectivity index (χ4n) is 1.88. The van der Waals surface area contributed by atoms with E-state index in [-0.39, 0.29) is 0 Å². The third kappa shape index (κ3) is 7.02. The van der Waals surface area contributed by atoms with Gasteiger partial charge in [-0.15, -0.1) is 0 Å². The Labute approximate surface area is 121 Å². The molecule has 112 valence electrons. The molecule has 0 bridgehead atoms. The number of benzene rings is 1. The maximum atomic E-state index is 11.5. The lowest BCUT2D eigenvalue weighted by Gasteiger charge is -2.07. The van der Waals surface area contributed by atoms with Gasteiger partial charge in [0.1, 0.15) is 5.75 Å². The van der Waals surface area contributed by atoms with Gasteiger partial charge in [0.05, 0.1) is 13.7 Å². The molecule has 1 aromatic rings. The first-order valence-electron chi connectivity index (χ1n) is 7.34. The molecule has 0 aromatic heterocycles. The number of anilines is 1. The Balaban J connectivity index is 2.10. The van der Waals surface area contributed by atoms with E-state index in [0.717, 1.165) is 18.6 Å². The number of amides is 1. The highest BCUT2D eigenvalue weighted by Gasteiger charge is 2.02. The quantitative estimate of drug-likeness (QED) is 0.672. The van der Waals surface area contributed by atoms with Gasteiger partial charge in [-0.25, -0.2) is 4.79 Å². The zero-order valence-corrected chi connectivity index (χ0v) is 12.5. The highest BCUT2D eigenvalue weighted by molar-refractivity contribution is 5.84. The van der Waals surface area contributed by atoms with Crippen LogP contribution < -0.4 is 10.1 Å². The molecule has 0 atom stereocenters. The first-order valence-corrected chi connectivity index (χ1v) is 7.34. The van der Waals surface area contributed by atoms with Crippen LogP contribution in [0.15, 0.2) is 24.3 Å². The molecule has 1 aromatic carbocycles. The largest absolute Gasteiger partial charge is 0.497 e. The number of hydrogen-bond donors (Lipinski definition) is 1. The average molecular weight is 279 g/mol. The highest BCUT2D eigenvalue weighted by Crippen LogP contribution is 2.15. The third-order valence-corrected chi connectivity index (χ3v) is 3.07. The Hall–Kier alpha value is -1.71. The van der Waals surface area contributed by atoms with E-state index < -0.39 is 6.09 Å². The SMILES string of the molecule is CCCCCCCCOC(=O)Nc1ccc(OC)cc1. The summed E-state index contributed by atoms with van der Waals surface area (Å²) in [5.74, 6) is 0.760. The fourth-order valence-corrected chi connectivity index (χ4v) is 1.88. The summed E-state index contributed by atoms with van der Waals surface area (Å²) in [7, 11) is 1.61. The standard InChI is InChI=1S/C16H25NO3/c1-3-4-5-6-7-8-13-20-16(18)17-14-9-11-15(19-2)12-10-14/h9-12H,3-8,13H2,1-2H3,(H,17,18). The minimum atomic E-state index is -0.399. The predicted octanol–water partition coefficient (Wildman–Crippen LogP) is 4.60. The van der Waals surface area contributed by atoms with Crippen molar-refractivity contribution in [1.29, 1.82) is 0 Å². The molecule has 0 aliphatic rings. The minimum Gasteiger partial charge on any atom is -0.497 e. The van der Waals surface area contributed by atoms with E-state index in [1.165, 1.54) is 25.7 Å². The summed E-state index contributed by atoms with van der Waals surface area (Å²) in [6.07, 6.45) is 6.68. The summed E-state index contributed by atoms with van der Waals surface area (Å²) in [5, 5.41) is 2.69. The Morgan fingerprint density at radius 2 is 1.70 bits per heavy atom. The molecule has 0 saturated carbocycles. The Bertz CT molecular complexity index is 376. The number of carbonyl (C=O) groups excluding carboxylic acids is 1. The van der Waals surface area contributed by atoms with Gasteiger partial charge in [0.25, 0.3) is 0 Å². The van der Waals surface area contributed by atoms with Crippen molar-refractivity contribution < 1.29 is 14.3 Å². The summed E-state index contributed by atoms with van der Waals surface area (Å²) in [6, 6.07) is 7.16. The highest BCUT2D eigenvalue weighted by atomic mass is 16.5. The number of hydrogen-bond acceptors (Lipinski definition) is 3. The van der Waals surface area contributed by atoms with Gasteiger partial charge in [0, 0.05) is 5.69 Å². The normalized spacial score (nSPS) is 10.1. The molecule has 0 saturated heterocycles. The van der Waals surface area contributed by atoms with Crippen molar-refractivity contribution in [3.63, 3.8) is 0 Å². The molecule has 0 aliphatic carbocycles. The molecule has 0 spiro atoms. The molecule has 4 nitrogen and oxygen atoms in total. The van der Waals surface area contributed by atoms with Crippen LogP contribution in [0.2, 0.25) is 0 Å². The lowest BCUT2D eigenvalue weighted by molar-refractivity contribution is 0.159. The van der Waals surface area contributed by atoms with Crippen LogP contribution in [-0.2, 0) is 4.74 Å². The molecule has 4 heteroatoms. The van der Waals surface area contributed by atoms with Gasteiger partial charge in [-0.2, -0.15) is 0 Å². The van der Waals surface area contributed by atoms with Crippen LogP contribution in [-0.4, -0.2) is 19.8 Å². The van der Waals surface area contributed by atoms with Crippen molar-refractivity contribution in [2.75, 3.05) is 19.0 Å². The van der Waals surface area contributed by atoms with E-state index in [0.29, 0.717) is 12.3 Å². The molecule has 0 radical (unpaired) electrons. The van der Waals surface area contributed by atoms with Gasteiger partial charge in [-0.1, -0.05) is 39.0 Å². The van der Waals surface area contributed by atoms with E-state index >= 15 is 0 Å². The Morgan fingerprint density at radius 3 is 2.35 bits per heavy atom. The van der Waals surface area contributed by atoms with Gasteiger partial charge in [-0.3, -0.25) is 5.32 Å². The maximum absolute atomic E-state index is 11.5. The Kier molecular flexibility index (Phi) is 8.27. The predicted molar refractivity (Wildman–Crippen MR) is 81.3 cm³/mol. The van der Waals surface area contributed by atoms with Crippen molar-refractivity contribution in [3.05, 3.63) is 24.3 Å². The van der Waals surface area contributed by atoms with Gasteiger partial charge < -0.3 is 9.47 Å². The summed E-state index contributed by atoms with van der Waals surface area (Å²) in [6.45, 7) is 2.68. The van der Waals surface area contributed by atoms with Crippen LogP contribution >= 0.6 is 0 Å². The van der Waals surface area contributed by atoms with Crippen molar-refractivity contribution in [2.45, 2.75) is 45.4 Å². The zero-order valence-electron chi connectivity index (χ0n) is 12.5. The zero-order chi connectivity index (χ0) is 14.6. The molecule has 1 amide bonds. The average Bonchev–Trinajstić information content (AvgIpc) is 2.47. The van der Waals surface area contributed by atoms with Gasteiger partial charge in [0.15, 0.2) is 0 Å². The molecular weight excluding hydrogens is 254 g/mol. The minimum absolute atomic E-state index is 0.399. The second kappa shape index (κ2) is 10.1. The molecule has 20 heavy (non-hydrogen) atoms. The van der Waals surface area contributed by atoms with Crippen molar-refractivity contribution >= 4 is 11.8 Å². The van der Waals surface area contributed by atoms with E-state index in [2.05, 4.69) is 12.2 Å². The number of nitrogens with one attached hydrogen (secondary N) is 1. The number of rotatable bonds is 9. The van der Waals surface area contributed by atoms with Gasteiger partial charge in [0.2, 0.25) is 0 Å². The summed E-state index contributed by atoms with van der Waals surface area (Å²) in [5.41, 5.74) is 0.707. The van der Waals surface area contributed by atoms with Gasteiger partial charge in [-0.05, 0) is 30.7 Å². The smallest absolute Gasteiger partial charge is 0.411 e. The van der Waals surface area contributed by atoms with Crippen LogP contribution in [0.25, 0.3) is 0 Å². The molecule has 0 unspecified atom stereocenters. The summed E-state index contributed by atoms with van der Waals surface area (Å²) >= 11 is 0. The van der Waals surface area contributed by atoms with Gasteiger partial charge >= 0.3 is 6.09 Å². The lowest BCUT2D eigenvalue weighted by Crippen LogP contribution is -2.14. The number of carbonyl (C=O) groups is 1. The molecule has 1 rings (SSSR count). The van der Waals surface area contributed by atoms with E-state index in [1.54, 1.807) is 31.4 Å². The monoisotopic (exact) mass is 279 g/mol. The molecule has 0 heterocycles. The first-order chi connectivity index (χ1) is 9.76. The van der Waals surface area contributed by atoms with E-state index in [1.807, 2.05) is 0 Å². The molecule has 0 fully saturated rings. The third-order valence-electron chi connectivity index (χ3n) is 3.07. The van der Waals surface area contributed by atoms with Crippen LogP contribution in [0.3, 0.4) is 0 Å². The van der Waals surface area contributed by atoms with E-state index in [9.17, 15) is 4.79 Å². The van der Waals surface area contributed by atoms with Crippen LogP contribution in [0, 0.1) is 0 Å². The first kappa shape index (κ1) is 16.3. The van der Waals surface area contributed by atoms with E-state index in [4.69, 9.17) is 9.47 Å². The number of unbranched alkanes of at least 4 members (excludes halogenated alkanes) is 5. The summed E-state index contributed by atoms with van der Waals surface area (Å²) < 4.78 is 10.2.